The van der Waals surface area contributed by atoms with Crippen LogP contribution in [0, 0.1) is 5.82 Å². The molecule has 0 fully saturated rings. The molecule has 0 unspecified atom stereocenters. The third kappa shape index (κ3) is 2.73. The summed E-state index contributed by atoms with van der Waals surface area (Å²) in [6, 6.07) is 3.38. The Morgan fingerprint density at radius 1 is 1.57 bits per heavy atom. The molecule has 1 rings (SSSR count). The Balaban J connectivity index is 2.83. The van der Waals surface area contributed by atoms with Crippen LogP contribution in [0.5, 0.6) is 5.75 Å². The first-order valence-corrected chi connectivity index (χ1v) is 5.40. The smallest absolute Gasteiger partial charge is 0.176 e. The molecule has 0 heterocycles. The standard InChI is InChI=1S/C10H11FO2S/c1-2-14-6-10(13)8-5-7(11)3-4-9(8)12/h3-5,12H,2,6H2,1H3. The van der Waals surface area contributed by atoms with Crippen molar-refractivity contribution in [2.45, 2.75) is 6.92 Å². The molecule has 0 spiro atoms. The molecule has 0 atom stereocenters. The van der Waals surface area contributed by atoms with Gasteiger partial charge in [-0.1, -0.05) is 6.92 Å². The summed E-state index contributed by atoms with van der Waals surface area (Å²) in [6.07, 6.45) is 0. The number of Topliss-reactive ketones (excluding diaryl/α,β-unsaturated/α-hetero) is 1. The van der Waals surface area contributed by atoms with Crippen LogP contribution in [0.25, 0.3) is 0 Å². The number of halogens is 1. The van der Waals surface area contributed by atoms with Crippen molar-refractivity contribution in [3.63, 3.8) is 0 Å². The van der Waals surface area contributed by atoms with Gasteiger partial charge in [-0.2, -0.15) is 11.8 Å². The van der Waals surface area contributed by atoms with Gasteiger partial charge >= 0.3 is 0 Å². The van der Waals surface area contributed by atoms with E-state index < -0.39 is 5.82 Å². The Hall–Kier alpha value is -1.03. The van der Waals surface area contributed by atoms with Gasteiger partial charge in [0.1, 0.15) is 11.6 Å². The number of thioether (sulfide) groups is 1. The number of aromatic hydroxyl groups is 1. The number of hydrogen-bond acceptors (Lipinski definition) is 3. The van der Waals surface area contributed by atoms with Gasteiger partial charge in [-0.05, 0) is 24.0 Å². The fourth-order valence-corrected chi connectivity index (χ4v) is 1.55. The molecular weight excluding hydrogens is 203 g/mol. The number of benzene rings is 1. The second kappa shape index (κ2) is 5.00. The predicted octanol–water partition coefficient (Wildman–Crippen LogP) is 2.47. The van der Waals surface area contributed by atoms with Crippen LogP contribution in [-0.2, 0) is 0 Å². The van der Waals surface area contributed by atoms with Gasteiger partial charge in [-0.25, -0.2) is 4.39 Å². The van der Waals surface area contributed by atoms with Crippen molar-refractivity contribution in [1.82, 2.24) is 0 Å². The Bertz CT molecular complexity index is 339. The van der Waals surface area contributed by atoms with Crippen molar-refractivity contribution < 1.29 is 14.3 Å². The van der Waals surface area contributed by atoms with Gasteiger partial charge in [0.2, 0.25) is 0 Å². The highest BCUT2D eigenvalue weighted by molar-refractivity contribution is 7.99. The summed E-state index contributed by atoms with van der Waals surface area (Å²) >= 11 is 1.44. The maximum absolute atomic E-state index is 12.8. The lowest BCUT2D eigenvalue weighted by molar-refractivity contribution is 0.101. The van der Waals surface area contributed by atoms with Gasteiger partial charge in [0.25, 0.3) is 0 Å². The third-order valence-corrected chi connectivity index (χ3v) is 2.57. The SMILES string of the molecule is CCSCC(=O)c1cc(F)ccc1O. The van der Waals surface area contributed by atoms with Crippen LogP contribution in [0.1, 0.15) is 17.3 Å². The zero-order chi connectivity index (χ0) is 10.6. The second-order valence-electron chi connectivity index (χ2n) is 2.72. The van der Waals surface area contributed by atoms with Crippen LogP contribution in [-0.4, -0.2) is 22.4 Å². The van der Waals surface area contributed by atoms with Crippen molar-refractivity contribution >= 4 is 17.5 Å². The Morgan fingerprint density at radius 3 is 2.93 bits per heavy atom. The van der Waals surface area contributed by atoms with E-state index in [9.17, 15) is 14.3 Å². The summed E-state index contributed by atoms with van der Waals surface area (Å²) in [5.74, 6) is 0.185. The molecular formula is C10H11FO2S. The molecule has 0 radical (unpaired) electrons. The molecule has 0 saturated heterocycles. The molecule has 76 valence electrons. The number of rotatable bonds is 4. The van der Waals surface area contributed by atoms with Gasteiger partial charge in [0, 0.05) is 0 Å². The van der Waals surface area contributed by atoms with Gasteiger partial charge in [-0.3, -0.25) is 4.79 Å². The maximum Gasteiger partial charge on any atom is 0.176 e. The molecule has 0 aliphatic heterocycles. The number of ketones is 1. The first kappa shape index (κ1) is 11.0. The molecule has 14 heavy (non-hydrogen) atoms. The van der Waals surface area contributed by atoms with Crippen LogP contribution in [0.3, 0.4) is 0 Å². The Labute approximate surface area is 86.1 Å². The molecule has 1 aromatic rings. The van der Waals surface area contributed by atoms with E-state index in [1.807, 2.05) is 6.92 Å². The first-order chi connectivity index (χ1) is 6.65. The van der Waals surface area contributed by atoms with Gasteiger partial charge in [0.05, 0.1) is 11.3 Å². The molecule has 1 N–H and O–H groups in total. The lowest BCUT2D eigenvalue weighted by Crippen LogP contribution is -2.03. The average Bonchev–Trinajstić information content (AvgIpc) is 2.18. The third-order valence-electron chi connectivity index (χ3n) is 1.70. The summed E-state index contributed by atoms with van der Waals surface area (Å²) in [7, 11) is 0. The number of carbonyl (C=O) groups excluding carboxylic acids is 1. The summed E-state index contributed by atoms with van der Waals surface area (Å²) < 4.78 is 12.8. The lowest BCUT2D eigenvalue weighted by Gasteiger charge is -2.02. The minimum Gasteiger partial charge on any atom is -0.507 e. The number of phenolic OH excluding ortho intramolecular Hbond substituents is 1. The summed E-state index contributed by atoms with van der Waals surface area (Å²) in [4.78, 5) is 11.4. The van der Waals surface area contributed by atoms with E-state index in [1.54, 1.807) is 0 Å². The van der Waals surface area contributed by atoms with Crippen LogP contribution in [0.2, 0.25) is 0 Å². The van der Waals surface area contributed by atoms with Gasteiger partial charge in [0.15, 0.2) is 5.78 Å². The van der Waals surface area contributed by atoms with Gasteiger partial charge < -0.3 is 5.11 Å². The first-order valence-electron chi connectivity index (χ1n) is 4.24. The number of carbonyl (C=O) groups is 1. The zero-order valence-corrected chi connectivity index (χ0v) is 8.60. The van der Waals surface area contributed by atoms with E-state index in [2.05, 4.69) is 0 Å². The maximum atomic E-state index is 12.8. The van der Waals surface area contributed by atoms with Crippen LogP contribution < -0.4 is 0 Å². The Kier molecular flexibility index (Phi) is 3.95. The molecule has 0 aromatic heterocycles. The van der Waals surface area contributed by atoms with E-state index >= 15 is 0 Å². The van der Waals surface area contributed by atoms with E-state index in [4.69, 9.17) is 0 Å². The summed E-state index contributed by atoms with van der Waals surface area (Å²) in [6.45, 7) is 1.93. The molecule has 0 saturated carbocycles. The molecule has 1 aromatic carbocycles. The normalized spacial score (nSPS) is 10.1. The van der Waals surface area contributed by atoms with E-state index in [0.29, 0.717) is 0 Å². The van der Waals surface area contributed by atoms with Crippen molar-refractivity contribution in [2.24, 2.45) is 0 Å². The van der Waals surface area contributed by atoms with Crippen LogP contribution in [0.15, 0.2) is 18.2 Å². The highest BCUT2D eigenvalue weighted by Gasteiger charge is 2.11. The quantitative estimate of drug-likeness (QED) is 0.782. The zero-order valence-electron chi connectivity index (χ0n) is 7.79. The summed E-state index contributed by atoms with van der Waals surface area (Å²) in [5.41, 5.74) is 0.0611. The number of hydrogen-bond donors (Lipinski definition) is 1. The van der Waals surface area contributed by atoms with E-state index in [0.717, 1.165) is 17.9 Å². The molecule has 0 amide bonds. The van der Waals surface area contributed by atoms with Crippen LogP contribution in [0.4, 0.5) is 4.39 Å². The summed E-state index contributed by atoms with van der Waals surface area (Å²) in [5, 5.41) is 9.31. The minimum absolute atomic E-state index is 0.0611. The minimum atomic E-state index is -0.507. The molecule has 0 bridgehead atoms. The topological polar surface area (TPSA) is 37.3 Å². The van der Waals surface area contributed by atoms with Crippen molar-refractivity contribution in [3.8, 4) is 5.75 Å². The molecule has 2 nitrogen and oxygen atoms in total. The highest BCUT2D eigenvalue weighted by atomic mass is 32.2. The van der Waals surface area contributed by atoms with Crippen molar-refractivity contribution in [2.75, 3.05) is 11.5 Å². The fourth-order valence-electron chi connectivity index (χ4n) is 1.00. The van der Waals surface area contributed by atoms with Crippen molar-refractivity contribution in [3.05, 3.63) is 29.6 Å². The fraction of sp³-hybridized carbons (Fsp3) is 0.300. The lowest BCUT2D eigenvalue weighted by atomic mass is 10.1. The predicted molar refractivity (Wildman–Crippen MR) is 55.4 cm³/mol. The van der Waals surface area contributed by atoms with Crippen molar-refractivity contribution in [1.29, 1.82) is 0 Å². The largest absolute Gasteiger partial charge is 0.507 e. The second-order valence-corrected chi connectivity index (χ2v) is 4.00. The molecule has 4 heteroatoms. The monoisotopic (exact) mass is 214 g/mol. The molecule has 0 aliphatic rings. The average molecular weight is 214 g/mol. The van der Waals surface area contributed by atoms with E-state index in [-0.39, 0.29) is 22.8 Å². The molecule has 0 aliphatic carbocycles. The van der Waals surface area contributed by atoms with Crippen LogP contribution >= 0.6 is 11.8 Å². The van der Waals surface area contributed by atoms with E-state index in [1.165, 1.54) is 17.8 Å². The Morgan fingerprint density at radius 2 is 2.29 bits per heavy atom. The highest BCUT2D eigenvalue weighted by Crippen LogP contribution is 2.19. The van der Waals surface area contributed by atoms with Gasteiger partial charge in [-0.15, -0.1) is 0 Å². The number of phenols is 1.